The molecule has 0 saturated heterocycles. The molecule has 0 spiro atoms. The Bertz CT molecular complexity index is 1150. The smallest absolute Gasteiger partial charge is 0.259 e. The second kappa shape index (κ2) is 8.10. The molecule has 0 atom stereocenters. The zero-order chi connectivity index (χ0) is 21.4. The van der Waals surface area contributed by atoms with E-state index < -0.39 is 0 Å². The Morgan fingerprint density at radius 1 is 0.900 bits per heavy atom. The second-order valence-electron chi connectivity index (χ2n) is 6.59. The Kier molecular flexibility index (Phi) is 5.50. The summed E-state index contributed by atoms with van der Waals surface area (Å²) in [4.78, 5) is 15.0. The van der Waals surface area contributed by atoms with E-state index >= 15 is 0 Å². The molecule has 1 amide bonds. The molecule has 0 N–H and O–H groups in total. The van der Waals surface area contributed by atoms with Crippen LogP contribution in [0.2, 0.25) is 0 Å². The fourth-order valence-corrected chi connectivity index (χ4v) is 4.14. The molecule has 156 valence electrons. The van der Waals surface area contributed by atoms with Crippen LogP contribution in [-0.2, 0) is 0 Å². The summed E-state index contributed by atoms with van der Waals surface area (Å²) in [5.74, 6) is 2.87. The van der Waals surface area contributed by atoms with Crippen LogP contribution in [0.15, 0.2) is 36.4 Å². The highest BCUT2D eigenvalue weighted by Gasteiger charge is 2.24. The first kappa shape index (κ1) is 20.4. The number of hydrogen-bond acceptors (Lipinski definition) is 6. The number of nitrogens with zero attached hydrogens (tertiary/aromatic N) is 1. The standard InChI is InChI=1S/C22H20INO6/c1-24(22(25)14-9-18(27-3)19(28-4)10-15(14)23)16-5-6-17(26-2)13-8-21-20(7-12(13)16)29-11-30-21/h5-10H,11H2,1-4H3. The normalized spacial score (nSPS) is 12.0. The minimum atomic E-state index is -0.176. The first-order chi connectivity index (χ1) is 14.5. The Morgan fingerprint density at radius 2 is 1.50 bits per heavy atom. The fraction of sp³-hybridized carbons (Fsp3) is 0.227. The van der Waals surface area contributed by atoms with Crippen molar-refractivity contribution >= 4 is 45.0 Å². The summed E-state index contributed by atoms with van der Waals surface area (Å²) >= 11 is 2.12. The number of amides is 1. The van der Waals surface area contributed by atoms with E-state index in [1.54, 1.807) is 45.4 Å². The van der Waals surface area contributed by atoms with E-state index in [0.29, 0.717) is 34.3 Å². The van der Waals surface area contributed by atoms with E-state index in [1.807, 2.05) is 24.3 Å². The van der Waals surface area contributed by atoms with Crippen molar-refractivity contribution < 1.29 is 28.5 Å². The van der Waals surface area contributed by atoms with Gasteiger partial charge in [-0.3, -0.25) is 4.79 Å². The maximum atomic E-state index is 13.4. The minimum Gasteiger partial charge on any atom is -0.496 e. The summed E-state index contributed by atoms with van der Waals surface area (Å²) in [6, 6.07) is 10.9. The Hall–Kier alpha value is -2.88. The molecule has 30 heavy (non-hydrogen) atoms. The van der Waals surface area contributed by atoms with Gasteiger partial charge in [-0.05, 0) is 59.0 Å². The van der Waals surface area contributed by atoms with E-state index in [2.05, 4.69) is 22.6 Å². The molecule has 4 rings (SSSR count). The highest BCUT2D eigenvalue weighted by Crippen LogP contribution is 2.43. The van der Waals surface area contributed by atoms with Crippen molar-refractivity contribution in [3.8, 4) is 28.7 Å². The van der Waals surface area contributed by atoms with Gasteiger partial charge in [-0.25, -0.2) is 0 Å². The van der Waals surface area contributed by atoms with Gasteiger partial charge < -0.3 is 28.6 Å². The summed E-state index contributed by atoms with van der Waals surface area (Å²) in [5.41, 5.74) is 1.24. The number of hydrogen-bond donors (Lipinski definition) is 0. The molecule has 0 saturated carbocycles. The maximum absolute atomic E-state index is 13.4. The lowest BCUT2D eigenvalue weighted by atomic mass is 10.0. The average molecular weight is 521 g/mol. The van der Waals surface area contributed by atoms with Crippen LogP contribution in [0.1, 0.15) is 10.4 Å². The molecule has 1 aliphatic rings. The third-order valence-electron chi connectivity index (χ3n) is 5.04. The van der Waals surface area contributed by atoms with Crippen molar-refractivity contribution in [1.82, 2.24) is 0 Å². The SMILES string of the molecule is COc1cc(I)c(C(=O)N(C)c2ccc(OC)c3cc4c(cc23)OCO4)cc1OC. The van der Waals surface area contributed by atoms with Crippen LogP contribution in [0.4, 0.5) is 5.69 Å². The van der Waals surface area contributed by atoms with Crippen LogP contribution in [0, 0.1) is 3.57 Å². The summed E-state index contributed by atoms with van der Waals surface area (Å²) in [7, 11) is 6.46. The number of carbonyl (C=O) groups is 1. The topological polar surface area (TPSA) is 66.5 Å². The Morgan fingerprint density at radius 3 is 2.13 bits per heavy atom. The molecular weight excluding hydrogens is 501 g/mol. The van der Waals surface area contributed by atoms with Gasteiger partial charge in [-0.2, -0.15) is 0 Å². The van der Waals surface area contributed by atoms with Crippen molar-refractivity contribution in [3.05, 3.63) is 45.5 Å². The number of methoxy groups -OCH3 is 3. The number of carbonyl (C=O) groups excluding carboxylic acids is 1. The monoisotopic (exact) mass is 521 g/mol. The fourth-order valence-electron chi connectivity index (χ4n) is 3.47. The average Bonchev–Trinajstić information content (AvgIpc) is 3.23. The zero-order valence-electron chi connectivity index (χ0n) is 16.9. The van der Waals surface area contributed by atoms with Crippen molar-refractivity contribution in [1.29, 1.82) is 0 Å². The highest BCUT2D eigenvalue weighted by atomic mass is 127. The van der Waals surface area contributed by atoms with Gasteiger partial charge in [0.2, 0.25) is 6.79 Å². The Labute approximate surface area is 187 Å². The highest BCUT2D eigenvalue weighted by molar-refractivity contribution is 14.1. The summed E-state index contributed by atoms with van der Waals surface area (Å²) in [6.07, 6.45) is 0. The molecule has 0 fully saturated rings. The van der Waals surface area contributed by atoms with Gasteiger partial charge in [0.1, 0.15) is 5.75 Å². The van der Waals surface area contributed by atoms with Gasteiger partial charge in [-0.15, -0.1) is 0 Å². The van der Waals surface area contributed by atoms with Crippen molar-refractivity contribution in [2.24, 2.45) is 0 Å². The molecule has 8 heteroatoms. The molecular formula is C22H20INO6. The van der Waals surface area contributed by atoms with Gasteiger partial charge in [-0.1, -0.05) is 0 Å². The number of anilines is 1. The molecule has 3 aromatic carbocycles. The molecule has 1 aliphatic heterocycles. The van der Waals surface area contributed by atoms with Gasteiger partial charge in [0, 0.05) is 21.4 Å². The number of halogens is 1. The van der Waals surface area contributed by atoms with Gasteiger partial charge in [0.15, 0.2) is 23.0 Å². The number of ether oxygens (including phenoxy) is 5. The van der Waals surface area contributed by atoms with Crippen LogP contribution < -0.4 is 28.6 Å². The molecule has 3 aromatic rings. The third kappa shape index (κ3) is 3.34. The van der Waals surface area contributed by atoms with E-state index in [9.17, 15) is 4.79 Å². The number of fused-ring (bicyclic) bond motifs is 2. The molecule has 0 unspecified atom stereocenters. The maximum Gasteiger partial charge on any atom is 0.259 e. The summed E-state index contributed by atoms with van der Waals surface area (Å²) in [6.45, 7) is 0.169. The zero-order valence-corrected chi connectivity index (χ0v) is 19.1. The molecule has 0 bridgehead atoms. The van der Waals surface area contributed by atoms with E-state index in [4.69, 9.17) is 23.7 Å². The van der Waals surface area contributed by atoms with Crippen LogP contribution in [0.5, 0.6) is 28.7 Å². The van der Waals surface area contributed by atoms with Crippen molar-refractivity contribution in [3.63, 3.8) is 0 Å². The molecule has 0 aromatic heterocycles. The van der Waals surface area contributed by atoms with Gasteiger partial charge in [0.05, 0.1) is 32.6 Å². The van der Waals surface area contributed by atoms with Gasteiger partial charge in [0.25, 0.3) is 5.91 Å². The lowest BCUT2D eigenvalue weighted by molar-refractivity contribution is 0.0992. The largest absolute Gasteiger partial charge is 0.496 e. The predicted molar refractivity (Wildman–Crippen MR) is 122 cm³/mol. The van der Waals surface area contributed by atoms with Crippen molar-refractivity contribution in [2.75, 3.05) is 40.1 Å². The second-order valence-corrected chi connectivity index (χ2v) is 7.75. The van der Waals surface area contributed by atoms with Gasteiger partial charge >= 0.3 is 0 Å². The molecule has 1 heterocycles. The van der Waals surface area contributed by atoms with E-state index in [1.165, 1.54) is 0 Å². The lowest BCUT2D eigenvalue weighted by Gasteiger charge is -2.22. The molecule has 7 nitrogen and oxygen atoms in total. The lowest BCUT2D eigenvalue weighted by Crippen LogP contribution is -2.27. The first-order valence-electron chi connectivity index (χ1n) is 9.08. The van der Waals surface area contributed by atoms with Crippen LogP contribution in [0.3, 0.4) is 0 Å². The molecule has 0 radical (unpaired) electrons. The van der Waals surface area contributed by atoms with E-state index in [-0.39, 0.29) is 12.7 Å². The molecule has 0 aliphatic carbocycles. The summed E-state index contributed by atoms with van der Waals surface area (Å²) < 4.78 is 28.0. The number of rotatable bonds is 5. The van der Waals surface area contributed by atoms with Crippen LogP contribution in [0.25, 0.3) is 10.8 Å². The van der Waals surface area contributed by atoms with Crippen LogP contribution in [-0.4, -0.2) is 41.1 Å². The number of benzene rings is 3. The quantitative estimate of drug-likeness (QED) is 0.462. The first-order valence-corrected chi connectivity index (χ1v) is 10.2. The third-order valence-corrected chi connectivity index (χ3v) is 5.93. The predicted octanol–water partition coefficient (Wildman–Crippen LogP) is 4.48. The summed E-state index contributed by atoms with van der Waals surface area (Å²) in [5, 5.41) is 1.66. The van der Waals surface area contributed by atoms with E-state index in [0.717, 1.165) is 20.0 Å². The van der Waals surface area contributed by atoms with Crippen molar-refractivity contribution in [2.45, 2.75) is 0 Å². The Balaban J connectivity index is 1.82. The minimum absolute atomic E-state index is 0.169. The van der Waals surface area contributed by atoms with Crippen LogP contribution >= 0.6 is 22.6 Å².